The average Bonchev–Trinajstić information content (AvgIpc) is 2.09. The molecule has 0 radical (unpaired) electrons. The van der Waals surface area contributed by atoms with Crippen molar-refractivity contribution in [3.63, 3.8) is 0 Å². The van der Waals surface area contributed by atoms with Gasteiger partial charge in [-0.2, -0.15) is 13.2 Å². The van der Waals surface area contributed by atoms with Crippen LogP contribution in [0, 0.1) is 17.5 Å². The molecule has 0 fully saturated rings. The van der Waals surface area contributed by atoms with Gasteiger partial charge in [0, 0.05) is 0 Å². The molecule has 0 saturated heterocycles. The predicted octanol–water partition coefficient (Wildman–Crippen LogP) is 4.65. The van der Waals surface area contributed by atoms with Crippen LogP contribution in [0.2, 0.25) is 0 Å². The second kappa shape index (κ2) is 3.97. The Morgan fingerprint density at radius 3 is 1.53 bits per heavy atom. The van der Waals surface area contributed by atoms with Crippen LogP contribution >= 0.6 is 31.9 Å². The number of hydrogen-bond acceptors (Lipinski definition) is 0. The standard InChI is InChI=1S/C7Br2F6/c8-2-1(7(13,14)15)4(10)3(9)6(12)5(2)11. The van der Waals surface area contributed by atoms with Gasteiger partial charge < -0.3 is 0 Å². The maximum Gasteiger partial charge on any atom is 0.420 e. The van der Waals surface area contributed by atoms with Gasteiger partial charge in [-0.15, -0.1) is 0 Å². The van der Waals surface area contributed by atoms with E-state index in [0.717, 1.165) is 0 Å². The maximum absolute atomic E-state index is 13.0. The zero-order chi connectivity index (χ0) is 12.0. The van der Waals surface area contributed by atoms with Crippen molar-refractivity contribution in [3.05, 3.63) is 32.0 Å². The molecule has 0 bridgehead atoms. The molecule has 0 aliphatic carbocycles. The quantitative estimate of drug-likeness (QED) is 0.360. The first-order valence-corrected chi connectivity index (χ1v) is 4.85. The van der Waals surface area contributed by atoms with Gasteiger partial charge in [0.1, 0.15) is 5.56 Å². The highest BCUT2D eigenvalue weighted by Gasteiger charge is 2.40. The van der Waals surface area contributed by atoms with E-state index in [1.807, 2.05) is 0 Å². The van der Waals surface area contributed by atoms with Crippen molar-refractivity contribution in [2.45, 2.75) is 6.18 Å². The summed E-state index contributed by atoms with van der Waals surface area (Å²) in [4.78, 5) is 0. The van der Waals surface area contributed by atoms with Crippen molar-refractivity contribution in [1.29, 1.82) is 0 Å². The van der Waals surface area contributed by atoms with Crippen molar-refractivity contribution in [2.24, 2.45) is 0 Å². The van der Waals surface area contributed by atoms with Crippen molar-refractivity contribution in [3.8, 4) is 0 Å². The van der Waals surface area contributed by atoms with Gasteiger partial charge in [0.05, 0.1) is 8.95 Å². The zero-order valence-electron chi connectivity index (χ0n) is 6.52. The van der Waals surface area contributed by atoms with E-state index in [9.17, 15) is 26.3 Å². The van der Waals surface area contributed by atoms with Crippen LogP contribution in [0.25, 0.3) is 0 Å². The molecule has 0 heterocycles. The largest absolute Gasteiger partial charge is 0.420 e. The highest BCUT2D eigenvalue weighted by molar-refractivity contribution is 9.11. The lowest BCUT2D eigenvalue weighted by molar-refractivity contribution is -0.141. The summed E-state index contributed by atoms with van der Waals surface area (Å²) in [5, 5.41) is 0. The Bertz CT molecular complexity index is 382. The van der Waals surface area contributed by atoms with E-state index < -0.39 is 38.1 Å². The average molecular weight is 358 g/mol. The van der Waals surface area contributed by atoms with Crippen LogP contribution in [0.3, 0.4) is 0 Å². The topological polar surface area (TPSA) is 0 Å². The number of rotatable bonds is 0. The van der Waals surface area contributed by atoms with Crippen LogP contribution < -0.4 is 0 Å². The van der Waals surface area contributed by atoms with Crippen LogP contribution in [0.15, 0.2) is 8.95 Å². The summed E-state index contributed by atoms with van der Waals surface area (Å²) in [5.41, 5.74) is -1.88. The lowest BCUT2D eigenvalue weighted by Gasteiger charge is -2.12. The smallest absolute Gasteiger partial charge is 0.205 e. The minimum Gasteiger partial charge on any atom is -0.205 e. The Balaban J connectivity index is 3.68. The first-order chi connectivity index (χ1) is 6.68. The molecule has 1 aromatic rings. The molecule has 0 spiro atoms. The van der Waals surface area contributed by atoms with E-state index in [4.69, 9.17) is 0 Å². The van der Waals surface area contributed by atoms with Crippen LogP contribution in [0.5, 0.6) is 0 Å². The molecule has 0 amide bonds. The summed E-state index contributed by atoms with van der Waals surface area (Å²) in [7, 11) is 0. The van der Waals surface area contributed by atoms with Gasteiger partial charge in [-0.05, 0) is 31.9 Å². The SMILES string of the molecule is Fc1c(F)c(Br)c(C(F)(F)F)c(F)c1Br. The van der Waals surface area contributed by atoms with Gasteiger partial charge >= 0.3 is 6.18 Å². The van der Waals surface area contributed by atoms with Gasteiger partial charge in [0.25, 0.3) is 0 Å². The van der Waals surface area contributed by atoms with Crippen molar-refractivity contribution in [1.82, 2.24) is 0 Å². The molecule has 84 valence electrons. The molecular weight excluding hydrogens is 358 g/mol. The van der Waals surface area contributed by atoms with Crippen molar-refractivity contribution in [2.75, 3.05) is 0 Å². The van der Waals surface area contributed by atoms with E-state index in [2.05, 4.69) is 31.9 Å². The maximum atomic E-state index is 13.0. The summed E-state index contributed by atoms with van der Waals surface area (Å²) < 4.78 is 72.8. The number of alkyl halides is 3. The Hall–Kier alpha value is -0.240. The molecular formula is C7Br2F6. The van der Waals surface area contributed by atoms with Gasteiger partial charge in [0.15, 0.2) is 17.5 Å². The molecule has 15 heavy (non-hydrogen) atoms. The Morgan fingerprint density at radius 1 is 0.733 bits per heavy atom. The molecule has 0 unspecified atom stereocenters. The molecule has 0 saturated carbocycles. The number of hydrogen-bond donors (Lipinski definition) is 0. The minimum atomic E-state index is -5.11. The Kier molecular flexibility index (Phi) is 3.39. The normalized spacial score (nSPS) is 12.0. The predicted molar refractivity (Wildman–Crippen MR) is 46.7 cm³/mol. The first-order valence-electron chi connectivity index (χ1n) is 3.26. The molecule has 0 N–H and O–H groups in total. The minimum absolute atomic E-state index is 1.18. The molecule has 0 aromatic heterocycles. The van der Waals surface area contributed by atoms with E-state index in [1.54, 1.807) is 0 Å². The third kappa shape index (κ3) is 2.15. The summed E-state index contributed by atoms with van der Waals surface area (Å²) in [6.45, 7) is 0. The van der Waals surface area contributed by atoms with Crippen LogP contribution in [-0.2, 0) is 6.18 Å². The molecule has 0 atom stereocenters. The van der Waals surface area contributed by atoms with Gasteiger partial charge in [-0.25, -0.2) is 13.2 Å². The molecule has 0 aliphatic heterocycles. The number of benzene rings is 1. The van der Waals surface area contributed by atoms with Crippen molar-refractivity contribution < 1.29 is 26.3 Å². The molecule has 1 aromatic carbocycles. The van der Waals surface area contributed by atoms with Crippen LogP contribution in [0.1, 0.15) is 5.56 Å². The summed E-state index contributed by atoms with van der Waals surface area (Å²) in [6.07, 6.45) is -5.11. The van der Waals surface area contributed by atoms with E-state index >= 15 is 0 Å². The number of halogens is 8. The Labute approximate surface area is 96.5 Å². The second-order valence-corrected chi connectivity index (χ2v) is 4.03. The monoisotopic (exact) mass is 356 g/mol. The third-order valence-corrected chi connectivity index (χ3v) is 2.93. The van der Waals surface area contributed by atoms with E-state index in [1.165, 1.54) is 0 Å². The summed E-state index contributed by atoms with van der Waals surface area (Å²) in [6, 6.07) is 0. The highest BCUT2D eigenvalue weighted by Crippen LogP contribution is 2.41. The summed E-state index contributed by atoms with van der Waals surface area (Å²) in [5.74, 6) is -5.41. The second-order valence-electron chi connectivity index (χ2n) is 2.44. The highest BCUT2D eigenvalue weighted by atomic mass is 79.9. The first kappa shape index (κ1) is 12.8. The molecule has 0 aliphatic rings. The molecule has 8 heteroatoms. The lowest BCUT2D eigenvalue weighted by atomic mass is 10.2. The fourth-order valence-electron chi connectivity index (χ4n) is 0.854. The Morgan fingerprint density at radius 2 is 1.13 bits per heavy atom. The van der Waals surface area contributed by atoms with Gasteiger partial charge in [-0.1, -0.05) is 0 Å². The van der Waals surface area contributed by atoms with Crippen molar-refractivity contribution >= 4 is 31.9 Å². The zero-order valence-corrected chi connectivity index (χ0v) is 9.70. The van der Waals surface area contributed by atoms with Crippen LogP contribution in [0.4, 0.5) is 26.3 Å². The lowest BCUT2D eigenvalue weighted by Crippen LogP contribution is -2.12. The molecule has 1 rings (SSSR count). The van der Waals surface area contributed by atoms with E-state index in [-0.39, 0.29) is 0 Å². The third-order valence-electron chi connectivity index (χ3n) is 1.49. The fraction of sp³-hybridized carbons (Fsp3) is 0.143. The van der Waals surface area contributed by atoms with Crippen LogP contribution in [-0.4, -0.2) is 0 Å². The fourth-order valence-corrected chi connectivity index (χ4v) is 1.80. The molecule has 0 nitrogen and oxygen atoms in total. The van der Waals surface area contributed by atoms with Gasteiger partial charge in [0.2, 0.25) is 0 Å². The summed E-state index contributed by atoms with van der Waals surface area (Å²) >= 11 is 4.35. The van der Waals surface area contributed by atoms with E-state index in [0.29, 0.717) is 0 Å². The van der Waals surface area contributed by atoms with Gasteiger partial charge in [-0.3, -0.25) is 0 Å².